The van der Waals surface area contributed by atoms with Gasteiger partial charge in [-0.3, -0.25) is 9.59 Å². The Balaban J connectivity index is 2.43. The molecule has 0 aliphatic heterocycles. The SMILES string of the molecule is Cn1cccc1C(=O)N[C@@](C)(C(N)=O)c1cccc(C(F)(F)F)c1. The van der Waals surface area contributed by atoms with Crippen molar-refractivity contribution in [2.45, 2.75) is 18.6 Å². The molecule has 128 valence electrons. The summed E-state index contributed by atoms with van der Waals surface area (Å²) in [6, 6.07) is 7.29. The normalized spacial score (nSPS) is 14.0. The van der Waals surface area contributed by atoms with Crippen LogP contribution in [-0.2, 0) is 23.6 Å². The molecule has 1 aromatic heterocycles. The molecular weight excluding hydrogens is 323 g/mol. The predicted molar refractivity (Wildman–Crippen MR) is 80.9 cm³/mol. The van der Waals surface area contributed by atoms with Crippen LogP contribution in [0.1, 0.15) is 28.5 Å². The van der Waals surface area contributed by atoms with Gasteiger partial charge >= 0.3 is 6.18 Å². The highest BCUT2D eigenvalue weighted by Crippen LogP contribution is 2.32. The fourth-order valence-corrected chi connectivity index (χ4v) is 2.27. The second-order valence-electron chi connectivity index (χ2n) is 5.53. The molecule has 0 aliphatic rings. The van der Waals surface area contributed by atoms with Crippen molar-refractivity contribution < 1.29 is 22.8 Å². The molecule has 0 spiro atoms. The summed E-state index contributed by atoms with van der Waals surface area (Å²) in [5.41, 5.74) is 2.84. The zero-order chi connectivity index (χ0) is 18.1. The van der Waals surface area contributed by atoms with E-state index in [2.05, 4.69) is 5.32 Å². The van der Waals surface area contributed by atoms with Gasteiger partial charge in [0.2, 0.25) is 5.91 Å². The Morgan fingerprint density at radius 2 is 1.75 bits per heavy atom. The highest BCUT2D eigenvalue weighted by molar-refractivity contribution is 5.98. The van der Waals surface area contributed by atoms with Gasteiger partial charge in [0.25, 0.3) is 5.91 Å². The standard InChI is InChI=1S/C16H16F3N3O2/c1-15(14(20)24,21-13(23)12-7-4-8-22(12)2)10-5-3-6-11(9-10)16(17,18)19/h3-9H,1-2H3,(H2,20,24)(H,21,23)/t15-/m1/s1. The van der Waals surface area contributed by atoms with Crippen molar-refractivity contribution in [2.24, 2.45) is 12.8 Å². The van der Waals surface area contributed by atoms with Crippen molar-refractivity contribution in [1.82, 2.24) is 9.88 Å². The van der Waals surface area contributed by atoms with E-state index in [9.17, 15) is 22.8 Å². The maximum Gasteiger partial charge on any atom is 0.416 e. The molecule has 1 aromatic carbocycles. The summed E-state index contributed by atoms with van der Waals surface area (Å²) in [7, 11) is 1.63. The summed E-state index contributed by atoms with van der Waals surface area (Å²) in [6.07, 6.45) is -2.95. The molecule has 0 aliphatic carbocycles. The zero-order valence-corrected chi connectivity index (χ0v) is 13.0. The molecule has 8 heteroatoms. The zero-order valence-electron chi connectivity index (χ0n) is 13.0. The van der Waals surface area contributed by atoms with E-state index in [0.717, 1.165) is 18.2 Å². The summed E-state index contributed by atoms with van der Waals surface area (Å²) in [5, 5.41) is 2.43. The third kappa shape index (κ3) is 3.27. The molecule has 0 saturated heterocycles. The van der Waals surface area contributed by atoms with Crippen LogP contribution in [0.4, 0.5) is 13.2 Å². The van der Waals surface area contributed by atoms with Crippen LogP contribution < -0.4 is 11.1 Å². The van der Waals surface area contributed by atoms with Crippen molar-refractivity contribution >= 4 is 11.8 Å². The van der Waals surface area contributed by atoms with E-state index in [4.69, 9.17) is 5.73 Å². The lowest BCUT2D eigenvalue weighted by molar-refractivity contribution is -0.137. The van der Waals surface area contributed by atoms with Crippen molar-refractivity contribution in [3.8, 4) is 0 Å². The smallest absolute Gasteiger partial charge is 0.367 e. The fraction of sp³-hybridized carbons (Fsp3) is 0.250. The van der Waals surface area contributed by atoms with Gasteiger partial charge in [-0.15, -0.1) is 0 Å². The Morgan fingerprint density at radius 3 is 2.25 bits per heavy atom. The van der Waals surface area contributed by atoms with Gasteiger partial charge < -0.3 is 15.6 Å². The number of hydrogen-bond donors (Lipinski definition) is 2. The summed E-state index contributed by atoms with van der Waals surface area (Å²) in [5.74, 6) is -1.59. The van der Waals surface area contributed by atoms with Gasteiger partial charge in [-0.2, -0.15) is 13.2 Å². The molecule has 0 saturated carbocycles. The van der Waals surface area contributed by atoms with E-state index in [0.29, 0.717) is 0 Å². The van der Waals surface area contributed by atoms with Gasteiger partial charge in [0.15, 0.2) is 0 Å². The number of hydrogen-bond acceptors (Lipinski definition) is 2. The van der Waals surface area contributed by atoms with Crippen LogP contribution in [0.5, 0.6) is 0 Å². The van der Waals surface area contributed by atoms with E-state index in [1.54, 1.807) is 19.3 Å². The number of nitrogens with one attached hydrogen (secondary N) is 1. The first-order valence-corrected chi connectivity index (χ1v) is 6.97. The van der Waals surface area contributed by atoms with Crippen LogP contribution in [-0.4, -0.2) is 16.4 Å². The predicted octanol–water partition coefficient (Wildman–Crippen LogP) is 2.17. The monoisotopic (exact) mass is 339 g/mol. The maximum atomic E-state index is 12.9. The number of alkyl halides is 3. The quantitative estimate of drug-likeness (QED) is 0.896. The van der Waals surface area contributed by atoms with Crippen molar-refractivity contribution in [3.63, 3.8) is 0 Å². The Kier molecular flexibility index (Phi) is 4.42. The van der Waals surface area contributed by atoms with Gasteiger partial charge in [-0.1, -0.05) is 12.1 Å². The topological polar surface area (TPSA) is 77.1 Å². The lowest BCUT2D eigenvalue weighted by Gasteiger charge is -2.28. The Bertz CT molecular complexity index is 783. The van der Waals surface area contributed by atoms with E-state index >= 15 is 0 Å². The van der Waals surface area contributed by atoms with Gasteiger partial charge in [-0.05, 0) is 36.8 Å². The molecule has 0 radical (unpaired) electrons. The van der Waals surface area contributed by atoms with Gasteiger partial charge in [0, 0.05) is 13.2 Å². The number of rotatable bonds is 4. The Labute approximate surface area is 136 Å². The largest absolute Gasteiger partial charge is 0.416 e. The fourth-order valence-electron chi connectivity index (χ4n) is 2.27. The number of benzene rings is 1. The van der Waals surface area contributed by atoms with Crippen LogP contribution in [0.25, 0.3) is 0 Å². The van der Waals surface area contributed by atoms with E-state index < -0.39 is 29.1 Å². The molecule has 0 unspecified atom stereocenters. The average Bonchev–Trinajstić information content (AvgIpc) is 2.92. The second kappa shape index (κ2) is 6.03. The highest BCUT2D eigenvalue weighted by Gasteiger charge is 2.38. The molecule has 1 atom stereocenters. The van der Waals surface area contributed by atoms with Crippen molar-refractivity contribution in [3.05, 3.63) is 59.4 Å². The minimum absolute atomic E-state index is 0.0487. The number of carbonyl (C=O) groups is 2. The maximum absolute atomic E-state index is 12.9. The van der Waals surface area contributed by atoms with Gasteiger partial charge in [0.1, 0.15) is 11.2 Å². The molecular formula is C16H16F3N3O2. The summed E-state index contributed by atoms with van der Waals surface area (Å²) in [6.45, 7) is 1.27. The van der Waals surface area contributed by atoms with Gasteiger partial charge in [-0.25, -0.2) is 0 Å². The van der Waals surface area contributed by atoms with E-state index in [-0.39, 0.29) is 11.3 Å². The van der Waals surface area contributed by atoms with E-state index in [1.165, 1.54) is 23.6 Å². The second-order valence-corrected chi connectivity index (χ2v) is 5.53. The van der Waals surface area contributed by atoms with Crippen molar-refractivity contribution in [1.29, 1.82) is 0 Å². The van der Waals surface area contributed by atoms with Crippen LogP contribution >= 0.6 is 0 Å². The third-order valence-corrected chi connectivity index (χ3v) is 3.80. The lowest BCUT2D eigenvalue weighted by atomic mass is 9.89. The Morgan fingerprint density at radius 1 is 1.12 bits per heavy atom. The molecule has 2 amide bonds. The molecule has 1 heterocycles. The molecule has 2 rings (SSSR count). The third-order valence-electron chi connectivity index (χ3n) is 3.80. The number of amides is 2. The minimum atomic E-state index is -4.57. The number of primary amides is 1. The molecule has 5 nitrogen and oxygen atoms in total. The van der Waals surface area contributed by atoms with E-state index in [1.807, 2.05) is 0 Å². The van der Waals surface area contributed by atoms with Gasteiger partial charge in [0.05, 0.1) is 5.56 Å². The summed E-state index contributed by atoms with van der Waals surface area (Å²) in [4.78, 5) is 24.2. The first kappa shape index (κ1) is 17.6. The van der Waals surface area contributed by atoms with Crippen LogP contribution in [0.2, 0.25) is 0 Å². The number of aromatic nitrogens is 1. The Hall–Kier alpha value is -2.77. The molecule has 24 heavy (non-hydrogen) atoms. The summed E-state index contributed by atoms with van der Waals surface area (Å²) < 4.78 is 40.2. The molecule has 2 aromatic rings. The minimum Gasteiger partial charge on any atom is -0.367 e. The average molecular weight is 339 g/mol. The number of carbonyl (C=O) groups excluding carboxylic acids is 2. The molecule has 3 N–H and O–H groups in total. The van der Waals surface area contributed by atoms with Crippen molar-refractivity contribution in [2.75, 3.05) is 0 Å². The van der Waals surface area contributed by atoms with Crippen LogP contribution in [0.3, 0.4) is 0 Å². The first-order chi connectivity index (χ1) is 11.1. The lowest BCUT2D eigenvalue weighted by Crippen LogP contribution is -2.53. The molecule has 0 fully saturated rings. The first-order valence-electron chi connectivity index (χ1n) is 6.97. The van der Waals surface area contributed by atoms with Crippen LogP contribution in [0, 0.1) is 0 Å². The number of nitrogens with zero attached hydrogens (tertiary/aromatic N) is 1. The number of aryl methyl sites for hydroxylation is 1. The van der Waals surface area contributed by atoms with Crippen LogP contribution in [0.15, 0.2) is 42.6 Å². The number of nitrogens with two attached hydrogens (primary N) is 1. The molecule has 0 bridgehead atoms. The number of halogens is 3. The highest BCUT2D eigenvalue weighted by atomic mass is 19.4. The summed E-state index contributed by atoms with van der Waals surface area (Å²) >= 11 is 0.